The summed E-state index contributed by atoms with van der Waals surface area (Å²) >= 11 is 0. The maximum Gasteiger partial charge on any atom is 0.316 e. The minimum atomic E-state index is -3.92. The molecule has 1 aromatic carbocycles. The minimum absolute atomic E-state index is 0.0339. The van der Waals surface area contributed by atoms with Gasteiger partial charge in [0.2, 0.25) is 15.7 Å². The Morgan fingerprint density at radius 2 is 2.03 bits per heavy atom. The lowest BCUT2D eigenvalue weighted by atomic mass is 10.1. The molecule has 1 N–H and O–H groups in total. The first kappa shape index (κ1) is 23.5. The number of fused-ring (bicyclic) bond motifs is 1. The summed E-state index contributed by atoms with van der Waals surface area (Å²) in [6.07, 6.45) is 1.95. The number of ether oxygens (including phenoxy) is 1. The van der Waals surface area contributed by atoms with E-state index in [0.717, 1.165) is 6.07 Å². The van der Waals surface area contributed by atoms with Crippen LogP contribution in [0.1, 0.15) is 25.6 Å². The van der Waals surface area contributed by atoms with Crippen molar-refractivity contribution in [3.8, 4) is 6.01 Å². The second-order valence-electron chi connectivity index (χ2n) is 7.90. The molecule has 0 saturated carbocycles. The highest BCUT2D eigenvalue weighted by Crippen LogP contribution is 2.36. The fourth-order valence-electron chi connectivity index (χ4n) is 4.03. The van der Waals surface area contributed by atoms with Crippen LogP contribution in [0.3, 0.4) is 0 Å². The van der Waals surface area contributed by atoms with Crippen molar-refractivity contribution in [3.63, 3.8) is 0 Å². The number of carboxylic acid groups (broad SMARTS) is 1. The second kappa shape index (κ2) is 8.96. The van der Waals surface area contributed by atoms with E-state index >= 15 is 0 Å². The number of benzene rings is 1. The quantitative estimate of drug-likeness (QED) is 0.502. The summed E-state index contributed by atoms with van der Waals surface area (Å²) in [6, 6.07) is 2.02. The van der Waals surface area contributed by atoms with Crippen molar-refractivity contribution in [2.45, 2.75) is 31.2 Å². The first-order chi connectivity index (χ1) is 16.1. The number of halogens is 1. The number of aromatic nitrogens is 4. The van der Waals surface area contributed by atoms with Crippen molar-refractivity contribution >= 4 is 32.6 Å². The lowest BCUT2D eigenvalue weighted by Crippen LogP contribution is -2.29. The molecule has 3 heterocycles. The number of carboxylic acids is 1. The number of aliphatic carboxylic acids is 1. The molecule has 1 aliphatic rings. The first-order valence-electron chi connectivity index (χ1n) is 10.4. The fraction of sp³-hybridized carbons (Fsp3) is 0.381. The van der Waals surface area contributed by atoms with Gasteiger partial charge in [-0.2, -0.15) is 9.40 Å². The van der Waals surface area contributed by atoms with E-state index in [2.05, 4.69) is 19.9 Å². The zero-order valence-corrected chi connectivity index (χ0v) is 19.2. The van der Waals surface area contributed by atoms with Crippen molar-refractivity contribution in [1.82, 2.24) is 24.1 Å². The molecule has 0 bridgehead atoms. The number of carbonyl (C=O) groups is 1. The molecule has 4 rings (SSSR count). The summed E-state index contributed by atoms with van der Waals surface area (Å²) < 4.78 is 48.7. The van der Waals surface area contributed by atoms with Crippen LogP contribution in [0.5, 0.6) is 6.01 Å². The van der Waals surface area contributed by atoms with E-state index in [0.29, 0.717) is 17.5 Å². The third kappa shape index (κ3) is 4.17. The topological polar surface area (TPSA) is 132 Å². The monoisotopic (exact) mass is 488 g/mol. The Bertz CT molecular complexity index is 1400. The number of sulfonamides is 1. The van der Waals surface area contributed by atoms with E-state index in [4.69, 9.17) is 11.3 Å². The van der Waals surface area contributed by atoms with Crippen molar-refractivity contribution in [2.75, 3.05) is 19.7 Å². The van der Waals surface area contributed by atoms with Gasteiger partial charge in [-0.15, -0.1) is 0 Å². The number of nitrogens with zero attached hydrogens (tertiary/aromatic N) is 6. The molecule has 178 valence electrons. The Kier molecular flexibility index (Phi) is 6.20. The molecule has 13 heteroatoms. The maximum atomic E-state index is 14.4. The highest BCUT2D eigenvalue weighted by atomic mass is 32.2. The van der Waals surface area contributed by atoms with Gasteiger partial charge in [-0.1, -0.05) is 6.92 Å². The van der Waals surface area contributed by atoms with Gasteiger partial charge in [-0.05, 0) is 25.0 Å². The van der Waals surface area contributed by atoms with Gasteiger partial charge in [0.15, 0.2) is 0 Å². The second-order valence-corrected chi connectivity index (χ2v) is 9.83. The fourth-order valence-corrected chi connectivity index (χ4v) is 5.48. The lowest BCUT2D eigenvalue weighted by Gasteiger charge is -2.17. The molecule has 2 aromatic heterocycles. The SMILES string of the molecule is [C-]#[N+]c1cc2c(CC(=O)O)nn([C@H]3CN(S(=O)(=O)c4cnc(OCC)nc4)C[C@H]3C)c2cc1F. The van der Waals surface area contributed by atoms with E-state index in [9.17, 15) is 22.7 Å². The van der Waals surface area contributed by atoms with Gasteiger partial charge >= 0.3 is 12.0 Å². The molecule has 0 unspecified atom stereocenters. The molecule has 1 fully saturated rings. The lowest BCUT2D eigenvalue weighted by molar-refractivity contribution is -0.136. The Balaban J connectivity index is 1.70. The van der Waals surface area contributed by atoms with Gasteiger partial charge in [-0.3, -0.25) is 9.48 Å². The number of hydrogen-bond acceptors (Lipinski definition) is 7. The summed E-state index contributed by atoms with van der Waals surface area (Å²) in [6.45, 7) is 11.3. The maximum absolute atomic E-state index is 14.4. The number of hydrogen-bond donors (Lipinski definition) is 1. The molecule has 0 spiro atoms. The van der Waals surface area contributed by atoms with Gasteiger partial charge in [0.05, 0.1) is 49.2 Å². The minimum Gasteiger partial charge on any atom is -0.481 e. The predicted molar refractivity (Wildman–Crippen MR) is 117 cm³/mol. The van der Waals surface area contributed by atoms with Gasteiger partial charge in [0.1, 0.15) is 10.7 Å². The summed E-state index contributed by atoms with van der Waals surface area (Å²) in [5.74, 6) is -2.10. The van der Waals surface area contributed by atoms with Crippen LogP contribution in [0.2, 0.25) is 0 Å². The van der Waals surface area contributed by atoms with Crippen molar-refractivity contribution < 1.29 is 27.4 Å². The van der Waals surface area contributed by atoms with Gasteiger partial charge in [-0.25, -0.2) is 27.6 Å². The van der Waals surface area contributed by atoms with Crippen molar-refractivity contribution in [1.29, 1.82) is 0 Å². The summed E-state index contributed by atoms with van der Waals surface area (Å²) in [5.41, 5.74) is 0.250. The first-order valence-corrected chi connectivity index (χ1v) is 11.8. The highest BCUT2D eigenvalue weighted by Gasteiger charge is 2.40. The van der Waals surface area contributed by atoms with Crippen LogP contribution in [0, 0.1) is 18.3 Å². The molecule has 2 atom stereocenters. The Labute approximate surface area is 194 Å². The van der Waals surface area contributed by atoms with Crippen LogP contribution in [0.4, 0.5) is 10.1 Å². The smallest absolute Gasteiger partial charge is 0.316 e. The van der Waals surface area contributed by atoms with Crippen LogP contribution >= 0.6 is 0 Å². The zero-order chi connectivity index (χ0) is 24.6. The Hall–Kier alpha value is -3.63. The molecule has 11 nitrogen and oxygen atoms in total. The average Bonchev–Trinajstić information content (AvgIpc) is 3.34. The van der Waals surface area contributed by atoms with E-state index in [1.807, 2.05) is 6.92 Å². The predicted octanol–water partition coefficient (Wildman–Crippen LogP) is 2.42. The molecule has 1 saturated heterocycles. The van der Waals surface area contributed by atoms with E-state index in [-0.39, 0.29) is 41.3 Å². The van der Waals surface area contributed by atoms with Crippen molar-refractivity contribution in [3.05, 3.63) is 47.5 Å². The summed E-state index contributed by atoms with van der Waals surface area (Å²) in [4.78, 5) is 22.2. The van der Waals surface area contributed by atoms with E-state index in [1.165, 1.54) is 27.4 Å². The summed E-state index contributed by atoms with van der Waals surface area (Å²) in [7, 11) is -3.92. The molecule has 0 amide bonds. The molecule has 0 aliphatic carbocycles. The van der Waals surface area contributed by atoms with Gasteiger partial charge < -0.3 is 9.84 Å². The molecule has 34 heavy (non-hydrogen) atoms. The van der Waals surface area contributed by atoms with Crippen LogP contribution in [0.25, 0.3) is 15.7 Å². The molecule has 1 aliphatic heterocycles. The normalized spacial score (nSPS) is 18.8. The molecular weight excluding hydrogens is 467 g/mol. The van der Waals surface area contributed by atoms with Gasteiger partial charge in [0.25, 0.3) is 0 Å². The standard InChI is InChI=1S/C21H21FN6O5S/c1-4-33-21-24-8-13(9-25-21)34(31,32)27-10-12(2)19(11-27)28-18-6-15(22)17(23-3)5-14(18)16(26-28)7-20(29)30/h5-6,8-9,12,19H,4,7,10-11H2,1-2H3,(H,29,30)/t12-,19+/m1/s1. The average molecular weight is 489 g/mol. The Morgan fingerprint density at radius 3 is 2.65 bits per heavy atom. The van der Waals surface area contributed by atoms with E-state index < -0.39 is 34.3 Å². The van der Waals surface area contributed by atoms with Crippen LogP contribution < -0.4 is 4.74 Å². The number of rotatable bonds is 7. The van der Waals surface area contributed by atoms with Gasteiger partial charge in [0, 0.05) is 18.5 Å². The van der Waals surface area contributed by atoms with Crippen LogP contribution in [-0.4, -0.2) is 63.2 Å². The molecule has 3 aromatic rings. The zero-order valence-electron chi connectivity index (χ0n) is 18.3. The molecular formula is C21H21FN6O5S. The van der Waals surface area contributed by atoms with Crippen LogP contribution in [-0.2, 0) is 21.2 Å². The summed E-state index contributed by atoms with van der Waals surface area (Å²) in [5, 5.41) is 14.0. The third-order valence-electron chi connectivity index (χ3n) is 5.66. The highest BCUT2D eigenvalue weighted by molar-refractivity contribution is 7.89. The molecule has 0 radical (unpaired) electrons. The largest absolute Gasteiger partial charge is 0.481 e. The Morgan fingerprint density at radius 1 is 1.32 bits per heavy atom. The van der Waals surface area contributed by atoms with E-state index in [1.54, 1.807) is 6.92 Å². The third-order valence-corrected chi connectivity index (χ3v) is 7.44. The van der Waals surface area contributed by atoms with Crippen molar-refractivity contribution in [2.24, 2.45) is 5.92 Å². The van der Waals surface area contributed by atoms with Crippen LogP contribution in [0.15, 0.2) is 29.4 Å².